The van der Waals surface area contributed by atoms with E-state index >= 15 is 0 Å². The van der Waals surface area contributed by atoms with Gasteiger partial charge < -0.3 is 5.32 Å². The molecule has 1 saturated heterocycles. The molecule has 1 N–H and O–H groups in total. The summed E-state index contributed by atoms with van der Waals surface area (Å²) in [6.07, 6.45) is -6.55. The molecule has 1 heterocycles. The number of rotatable bonds is 3. The minimum atomic E-state index is -4.84. The average Bonchev–Trinajstić information content (AvgIpc) is 2.50. The van der Waals surface area contributed by atoms with E-state index in [9.17, 15) is 35.1 Å². The molecule has 2 nitrogen and oxygen atoms in total. The first-order chi connectivity index (χ1) is 10.6. The van der Waals surface area contributed by atoms with Crippen LogP contribution in [0.5, 0.6) is 0 Å². The molecule has 0 spiro atoms. The largest absolute Gasteiger partial charge is 0.390 e. The normalized spacial score (nSPS) is 16.8. The fraction of sp³-hybridized carbons (Fsp3) is 0.538. The second-order valence-electron chi connectivity index (χ2n) is 5.10. The Morgan fingerprint density at radius 2 is 1.20 bits per heavy atom. The Morgan fingerprint density at radius 1 is 0.800 bits per heavy atom. The van der Waals surface area contributed by atoms with E-state index in [4.69, 9.17) is 0 Å². The lowest BCUT2D eigenvalue weighted by molar-refractivity contribution is -0.149. The first-order valence-corrected chi connectivity index (χ1v) is 6.66. The maximum atomic E-state index is 13.9. The van der Waals surface area contributed by atoms with Crippen LogP contribution in [0.25, 0.3) is 0 Å². The van der Waals surface area contributed by atoms with Crippen molar-refractivity contribution in [3.05, 3.63) is 34.6 Å². The molecule has 0 amide bonds. The summed E-state index contributed by atoms with van der Waals surface area (Å²) in [4.78, 5) is 1.06. The highest BCUT2D eigenvalue weighted by Crippen LogP contribution is 2.38. The van der Waals surface area contributed by atoms with Gasteiger partial charge in [0, 0.05) is 37.8 Å². The zero-order chi connectivity index (χ0) is 17.4. The summed E-state index contributed by atoms with van der Waals surface area (Å²) in [5, 5.41) is 2.83. The standard InChI is InChI=1S/C13H12F8N2.2ClH/c14-8-7(9(15)11(17)12(18)10(8)16)6(5-13(19,20)21)23-3-1-22-2-4-23;;/h6,22H,1-5H2;2*1H/t6-;;/m0../s1. The van der Waals surface area contributed by atoms with E-state index in [1.807, 2.05) is 0 Å². The highest BCUT2D eigenvalue weighted by atomic mass is 35.5. The molecule has 1 aliphatic rings. The van der Waals surface area contributed by atoms with Crippen molar-refractivity contribution in [2.45, 2.75) is 18.6 Å². The van der Waals surface area contributed by atoms with Gasteiger partial charge in [-0.25, -0.2) is 22.0 Å². The Kier molecular flexibility index (Phi) is 8.89. The van der Waals surface area contributed by atoms with E-state index in [0.717, 1.165) is 4.90 Å². The first-order valence-electron chi connectivity index (χ1n) is 6.66. The van der Waals surface area contributed by atoms with E-state index in [0.29, 0.717) is 0 Å². The van der Waals surface area contributed by atoms with E-state index in [2.05, 4.69) is 5.32 Å². The molecule has 1 aliphatic heterocycles. The van der Waals surface area contributed by atoms with Crippen LogP contribution in [0.1, 0.15) is 18.0 Å². The quantitative estimate of drug-likeness (QED) is 0.449. The first kappa shape index (κ1) is 24.2. The maximum absolute atomic E-state index is 13.9. The molecule has 1 aromatic rings. The summed E-state index contributed by atoms with van der Waals surface area (Å²) in [5.41, 5.74) is -1.44. The second kappa shape index (κ2) is 9.20. The molecule has 2 rings (SSSR count). The van der Waals surface area contributed by atoms with Crippen molar-refractivity contribution in [3.63, 3.8) is 0 Å². The van der Waals surface area contributed by atoms with E-state index in [1.54, 1.807) is 0 Å². The number of hydrogen-bond acceptors (Lipinski definition) is 2. The van der Waals surface area contributed by atoms with Gasteiger partial charge in [0.15, 0.2) is 23.3 Å². The van der Waals surface area contributed by atoms with Gasteiger partial charge in [-0.05, 0) is 0 Å². The van der Waals surface area contributed by atoms with E-state index in [1.165, 1.54) is 0 Å². The lowest BCUT2D eigenvalue weighted by atomic mass is 9.98. The minimum Gasteiger partial charge on any atom is -0.314 e. The molecule has 0 radical (unpaired) electrons. The van der Waals surface area contributed by atoms with E-state index in [-0.39, 0.29) is 51.0 Å². The van der Waals surface area contributed by atoms with Gasteiger partial charge in [0.05, 0.1) is 6.42 Å². The fourth-order valence-corrected chi connectivity index (χ4v) is 2.54. The van der Waals surface area contributed by atoms with Crippen molar-refractivity contribution >= 4 is 24.8 Å². The molecule has 0 saturated carbocycles. The molecule has 1 aromatic carbocycles. The van der Waals surface area contributed by atoms with Crippen molar-refractivity contribution < 1.29 is 35.1 Å². The molecular weight excluding hydrogens is 407 g/mol. The Labute approximate surface area is 150 Å². The second-order valence-corrected chi connectivity index (χ2v) is 5.10. The van der Waals surface area contributed by atoms with Crippen molar-refractivity contribution in [1.82, 2.24) is 10.2 Å². The molecule has 0 aromatic heterocycles. The molecule has 1 atom stereocenters. The summed E-state index contributed by atoms with van der Waals surface area (Å²) in [5.74, 6) is -11.3. The number of benzene rings is 1. The Morgan fingerprint density at radius 3 is 1.60 bits per heavy atom. The predicted molar refractivity (Wildman–Crippen MR) is 78.6 cm³/mol. The third-order valence-corrected chi connectivity index (χ3v) is 3.59. The van der Waals surface area contributed by atoms with Gasteiger partial charge in [-0.2, -0.15) is 13.2 Å². The van der Waals surface area contributed by atoms with Gasteiger partial charge in [0.25, 0.3) is 0 Å². The molecule has 1 fully saturated rings. The topological polar surface area (TPSA) is 15.3 Å². The molecule has 0 bridgehead atoms. The summed E-state index contributed by atoms with van der Waals surface area (Å²) >= 11 is 0. The Hall–Kier alpha value is -0.840. The Bertz CT molecular complexity index is 561. The fourth-order valence-electron chi connectivity index (χ4n) is 2.54. The molecule has 0 unspecified atom stereocenters. The predicted octanol–water partition coefficient (Wildman–Crippen LogP) is 4.12. The number of alkyl halides is 3. The van der Waals surface area contributed by atoms with Gasteiger partial charge in [0.1, 0.15) is 0 Å². The molecule has 146 valence electrons. The summed E-state index contributed by atoms with van der Waals surface area (Å²) in [7, 11) is 0. The number of halogens is 10. The highest BCUT2D eigenvalue weighted by Gasteiger charge is 2.40. The molecule has 12 heteroatoms. The van der Waals surface area contributed by atoms with Gasteiger partial charge in [0.2, 0.25) is 5.82 Å². The SMILES string of the molecule is Cl.Cl.Fc1c(F)c(F)c([C@H](CC(F)(F)F)N2CCNCC2)c(F)c1F. The maximum Gasteiger partial charge on any atom is 0.390 e. The van der Waals surface area contributed by atoms with Gasteiger partial charge in [-0.3, -0.25) is 4.90 Å². The number of hydrogen-bond donors (Lipinski definition) is 1. The number of piperazine rings is 1. The third kappa shape index (κ3) is 5.32. The number of nitrogens with zero attached hydrogens (tertiary/aromatic N) is 1. The molecular formula is C13H14Cl2F8N2. The van der Waals surface area contributed by atoms with E-state index < -0.39 is 53.3 Å². The Balaban J connectivity index is 0.00000288. The van der Waals surface area contributed by atoms with Crippen LogP contribution in [0.3, 0.4) is 0 Å². The third-order valence-electron chi connectivity index (χ3n) is 3.59. The van der Waals surface area contributed by atoms with Crippen LogP contribution in [0.2, 0.25) is 0 Å². The van der Waals surface area contributed by atoms with Crippen LogP contribution in [0.4, 0.5) is 35.1 Å². The van der Waals surface area contributed by atoms with Gasteiger partial charge in [-0.1, -0.05) is 0 Å². The van der Waals surface area contributed by atoms with Crippen LogP contribution in [-0.2, 0) is 0 Å². The lowest BCUT2D eigenvalue weighted by Gasteiger charge is -2.36. The van der Waals surface area contributed by atoms with Crippen LogP contribution in [0.15, 0.2) is 0 Å². The van der Waals surface area contributed by atoms with Gasteiger partial charge >= 0.3 is 6.18 Å². The van der Waals surface area contributed by atoms with Crippen molar-refractivity contribution in [2.24, 2.45) is 0 Å². The molecule has 0 aliphatic carbocycles. The van der Waals surface area contributed by atoms with Crippen molar-refractivity contribution in [3.8, 4) is 0 Å². The summed E-state index contributed by atoms with van der Waals surface area (Å²) in [6.45, 7) is 0.452. The van der Waals surface area contributed by atoms with Crippen LogP contribution in [-0.4, -0.2) is 37.3 Å². The summed E-state index contributed by atoms with van der Waals surface area (Å²) < 4.78 is 106. The lowest BCUT2D eigenvalue weighted by Crippen LogP contribution is -2.46. The van der Waals surface area contributed by atoms with Crippen LogP contribution < -0.4 is 5.32 Å². The monoisotopic (exact) mass is 420 g/mol. The molecule has 25 heavy (non-hydrogen) atoms. The average molecular weight is 421 g/mol. The smallest absolute Gasteiger partial charge is 0.314 e. The zero-order valence-corrected chi connectivity index (χ0v) is 14.0. The summed E-state index contributed by atoms with van der Waals surface area (Å²) in [6, 6.07) is -1.98. The minimum absolute atomic E-state index is 0. The highest BCUT2D eigenvalue weighted by molar-refractivity contribution is 5.85. The van der Waals surface area contributed by atoms with Crippen LogP contribution >= 0.6 is 24.8 Å². The van der Waals surface area contributed by atoms with Crippen molar-refractivity contribution in [1.29, 1.82) is 0 Å². The zero-order valence-electron chi connectivity index (χ0n) is 12.4. The van der Waals surface area contributed by atoms with Gasteiger partial charge in [-0.15, -0.1) is 24.8 Å². The van der Waals surface area contributed by atoms with Crippen molar-refractivity contribution in [2.75, 3.05) is 26.2 Å². The number of nitrogens with one attached hydrogen (secondary N) is 1. The van der Waals surface area contributed by atoms with Crippen LogP contribution in [0, 0.1) is 29.1 Å².